The summed E-state index contributed by atoms with van der Waals surface area (Å²) in [4.78, 5) is 48.2. The standard InChI is InChI=1S/C32H41FN4O4/c1-9-35(19(2)3)30(39)25-17-23(33)10-11-26(25)37-21(5)28(24-12-14-34-18-27(24)37)29(38)22-13-15-36(20(4)16-22)31(40)41-32(6,7)8/h10-12,14,17-20,22H,9,13,15-16H2,1-8H3/t20-,22?/m0/s1. The second-order valence-corrected chi connectivity index (χ2v) is 12.1. The van der Waals surface area contributed by atoms with Crippen molar-refractivity contribution in [2.45, 2.75) is 85.9 Å². The van der Waals surface area contributed by atoms with Crippen LogP contribution < -0.4 is 0 Å². The highest BCUT2D eigenvalue weighted by atomic mass is 19.1. The van der Waals surface area contributed by atoms with Crippen LogP contribution in [0.3, 0.4) is 0 Å². The first-order valence-corrected chi connectivity index (χ1v) is 14.3. The minimum Gasteiger partial charge on any atom is -0.444 e. The van der Waals surface area contributed by atoms with Crippen LogP contribution in [0.2, 0.25) is 0 Å². The van der Waals surface area contributed by atoms with E-state index >= 15 is 0 Å². The molecule has 0 bridgehead atoms. The van der Waals surface area contributed by atoms with Gasteiger partial charge in [-0.25, -0.2) is 9.18 Å². The van der Waals surface area contributed by atoms with Gasteiger partial charge in [0.2, 0.25) is 0 Å². The average molecular weight is 565 g/mol. The molecular formula is C32H41FN4O4. The molecule has 1 aliphatic heterocycles. The first-order valence-electron chi connectivity index (χ1n) is 14.3. The molecular weight excluding hydrogens is 523 g/mol. The SMILES string of the molecule is CCN(C(=O)c1cc(F)ccc1-n1c(C)c(C(=O)C2CCN(C(=O)OC(C)(C)C)[C@@H](C)C2)c2ccncc21)C(C)C. The molecule has 0 N–H and O–H groups in total. The quantitative estimate of drug-likeness (QED) is 0.317. The molecule has 3 heterocycles. The Hall–Kier alpha value is -3.75. The molecule has 0 spiro atoms. The number of piperidine rings is 1. The van der Waals surface area contributed by atoms with Gasteiger partial charge in [-0.15, -0.1) is 0 Å². The fourth-order valence-electron chi connectivity index (χ4n) is 5.86. The van der Waals surface area contributed by atoms with Gasteiger partial charge in [0.25, 0.3) is 5.91 Å². The van der Waals surface area contributed by atoms with E-state index in [0.717, 1.165) is 5.39 Å². The lowest BCUT2D eigenvalue weighted by Gasteiger charge is -2.37. The first kappa shape index (κ1) is 30.2. The predicted molar refractivity (Wildman–Crippen MR) is 157 cm³/mol. The maximum atomic E-state index is 14.5. The smallest absolute Gasteiger partial charge is 0.410 e. The summed E-state index contributed by atoms with van der Waals surface area (Å²) < 4.78 is 21.9. The summed E-state index contributed by atoms with van der Waals surface area (Å²) in [6.07, 6.45) is 3.97. The van der Waals surface area contributed by atoms with Crippen molar-refractivity contribution >= 4 is 28.7 Å². The molecule has 8 nitrogen and oxygen atoms in total. The molecule has 220 valence electrons. The first-order chi connectivity index (χ1) is 19.2. The van der Waals surface area contributed by atoms with Crippen molar-refractivity contribution in [1.82, 2.24) is 19.4 Å². The summed E-state index contributed by atoms with van der Waals surface area (Å²) in [5, 5.41) is 0.726. The number of ketones is 1. The van der Waals surface area contributed by atoms with Crippen LogP contribution in [0.4, 0.5) is 9.18 Å². The molecule has 0 saturated carbocycles. The van der Waals surface area contributed by atoms with E-state index in [1.54, 1.807) is 28.3 Å². The zero-order valence-electron chi connectivity index (χ0n) is 25.3. The van der Waals surface area contributed by atoms with Crippen molar-refractivity contribution in [2.24, 2.45) is 5.92 Å². The van der Waals surface area contributed by atoms with Crippen molar-refractivity contribution in [1.29, 1.82) is 0 Å². The van der Waals surface area contributed by atoms with Gasteiger partial charge < -0.3 is 19.1 Å². The van der Waals surface area contributed by atoms with Crippen LogP contribution in [0.15, 0.2) is 36.7 Å². The molecule has 1 saturated heterocycles. The molecule has 1 unspecified atom stereocenters. The highest BCUT2D eigenvalue weighted by molar-refractivity contribution is 6.11. The Morgan fingerprint density at radius 2 is 1.90 bits per heavy atom. The second-order valence-electron chi connectivity index (χ2n) is 12.1. The molecule has 2 aromatic heterocycles. The molecule has 0 aliphatic carbocycles. The second kappa shape index (κ2) is 11.6. The lowest BCUT2D eigenvalue weighted by atomic mass is 9.85. The minimum atomic E-state index is -0.597. The summed E-state index contributed by atoms with van der Waals surface area (Å²) in [5.41, 5.74) is 2.01. The Morgan fingerprint density at radius 3 is 2.51 bits per heavy atom. The molecule has 2 atom stereocenters. The number of benzene rings is 1. The van der Waals surface area contributed by atoms with Gasteiger partial charge in [0.05, 0.1) is 23.0 Å². The zero-order chi connectivity index (χ0) is 30.2. The largest absolute Gasteiger partial charge is 0.444 e. The number of hydrogen-bond donors (Lipinski definition) is 0. The number of rotatable bonds is 6. The number of fused-ring (bicyclic) bond motifs is 1. The van der Waals surface area contributed by atoms with Crippen molar-refractivity contribution < 1.29 is 23.5 Å². The minimum absolute atomic E-state index is 0.0134. The number of carbonyl (C=O) groups excluding carboxylic acids is 3. The molecule has 2 amide bonds. The highest BCUT2D eigenvalue weighted by Crippen LogP contribution is 2.35. The number of aromatic nitrogens is 2. The van der Waals surface area contributed by atoms with E-state index < -0.39 is 11.4 Å². The maximum absolute atomic E-state index is 14.5. The number of nitrogens with zero attached hydrogens (tertiary/aromatic N) is 4. The number of hydrogen-bond acceptors (Lipinski definition) is 5. The van der Waals surface area contributed by atoms with E-state index in [9.17, 15) is 18.8 Å². The van der Waals surface area contributed by atoms with Gasteiger partial charge in [-0.2, -0.15) is 0 Å². The number of likely N-dealkylation sites (tertiary alicyclic amines) is 1. The highest BCUT2D eigenvalue weighted by Gasteiger charge is 2.37. The maximum Gasteiger partial charge on any atom is 0.410 e. The van der Waals surface area contributed by atoms with Crippen molar-refractivity contribution in [3.8, 4) is 5.69 Å². The van der Waals surface area contributed by atoms with Crippen LogP contribution in [0.5, 0.6) is 0 Å². The Labute approximate surface area is 241 Å². The van der Waals surface area contributed by atoms with E-state index in [1.807, 2.05) is 66.0 Å². The van der Waals surface area contributed by atoms with E-state index in [1.165, 1.54) is 12.1 Å². The molecule has 1 aromatic carbocycles. The fraction of sp³-hybridized carbons (Fsp3) is 0.500. The van der Waals surface area contributed by atoms with Gasteiger partial charge in [-0.1, -0.05) is 0 Å². The third-order valence-electron chi connectivity index (χ3n) is 7.78. The lowest BCUT2D eigenvalue weighted by molar-refractivity contribution is 0.00734. The Morgan fingerprint density at radius 1 is 1.20 bits per heavy atom. The topological polar surface area (TPSA) is 84.7 Å². The number of pyridine rings is 1. The normalized spacial score (nSPS) is 17.7. The van der Waals surface area contributed by atoms with Crippen LogP contribution in [0.25, 0.3) is 16.6 Å². The van der Waals surface area contributed by atoms with Crippen molar-refractivity contribution in [3.05, 3.63) is 59.3 Å². The molecule has 1 fully saturated rings. The summed E-state index contributed by atoms with van der Waals surface area (Å²) in [6.45, 7) is 15.9. The number of ether oxygens (including phenoxy) is 1. The van der Waals surface area contributed by atoms with Crippen LogP contribution in [0.1, 0.15) is 87.7 Å². The van der Waals surface area contributed by atoms with Crippen molar-refractivity contribution in [2.75, 3.05) is 13.1 Å². The molecule has 3 aromatic rings. The molecule has 41 heavy (non-hydrogen) atoms. The third-order valence-corrected chi connectivity index (χ3v) is 7.78. The number of halogens is 1. The van der Waals surface area contributed by atoms with Gasteiger partial charge in [-0.05, 0) is 92.5 Å². The molecule has 0 radical (unpaired) electrons. The van der Waals surface area contributed by atoms with Gasteiger partial charge in [0.15, 0.2) is 5.78 Å². The monoisotopic (exact) mass is 564 g/mol. The third kappa shape index (κ3) is 5.99. The summed E-state index contributed by atoms with van der Waals surface area (Å²) in [6, 6.07) is 5.75. The van der Waals surface area contributed by atoms with E-state index in [2.05, 4.69) is 4.98 Å². The molecule has 1 aliphatic rings. The van der Waals surface area contributed by atoms with Crippen molar-refractivity contribution in [3.63, 3.8) is 0 Å². The lowest BCUT2D eigenvalue weighted by Crippen LogP contribution is -2.48. The number of Topliss-reactive ketones (excluding diaryl/α,β-unsaturated/α-hetero) is 1. The average Bonchev–Trinajstić information content (AvgIpc) is 3.18. The summed E-state index contributed by atoms with van der Waals surface area (Å²) >= 11 is 0. The Bertz CT molecular complexity index is 1470. The molecule has 9 heteroatoms. The summed E-state index contributed by atoms with van der Waals surface area (Å²) in [5.74, 6) is -1.09. The predicted octanol–water partition coefficient (Wildman–Crippen LogP) is 6.56. The summed E-state index contributed by atoms with van der Waals surface area (Å²) in [7, 11) is 0. The van der Waals surface area contributed by atoms with Gasteiger partial charge >= 0.3 is 6.09 Å². The van der Waals surface area contributed by atoms with E-state index in [0.29, 0.717) is 48.4 Å². The number of carbonyl (C=O) groups is 3. The van der Waals surface area contributed by atoms with Crippen LogP contribution in [-0.2, 0) is 4.74 Å². The molecule has 4 rings (SSSR count). The van der Waals surface area contributed by atoms with Gasteiger partial charge in [-0.3, -0.25) is 14.6 Å². The van der Waals surface area contributed by atoms with Gasteiger partial charge in [0, 0.05) is 53.9 Å². The van der Waals surface area contributed by atoms with Gasteiger partial charge in [0.1, 0.15) is 11.4 Å². The fourth-order valence-corrected chi connectivity index (χ4v) is 5.86. The van der Waals surface area contributed by atoms with E-state index in [4.69, 9.17) is 4.74 Å². The Balaban J connectivity index is 1.75. The van der Waals surface area contributed by atoms with Crippen LogP contribution in [-0.4, -0.2) is 67.9 Å². The van der Waals surface area contributed by atoms with Crippen LogP contribution >= 0.6 is 0 Å². The Kier molecular flexibility index (Phi) is 8.57. The zero-order valence-corrected chi connectivity index (χ0v) is 25.3. The van der Waals surface area contributed by atoms with E-state index in [-0.39, 0.29) is 41.3 Å². The van der Waals surface area contributed by atoms with Crippen LogP contribution in [0, 0.1) is 18.7 Å². The number of amides is 2.